The molecule has 0 aliphatic carbocycles. The van der Waals surface area contributed by atoms with Crippen molar-refractivity contribution in [2.24, 2.45) is 0 Å². The molecule has 0 aliphatic rings. The molecule has 0 atom stereocenters. The second-order valence-corrected chi connectivity index (χ2v) is 5.82. The van der Waals surface area contributed by atoms with E-state index in [0.29, 0.717) is 21.8 Å². The summed E-state index contributed by atoms with van der Waals surface area (Å²) < 4.78 is 8.96. The minimum Gasteiger partial charge on any atom is -0.479 e. The second kappa shape index (κ2) is 4.64. The van der Waals surface area contributed by atoms with Crippen LogP contribution in [0.4, 0.5) is 0 Å². The third-order valence-corrected chi connectivity index (χ3v) is 4.51. The van der Waals surface area contributed by atoms with Gasteiger partial charge in [-0.3, -0.25) is 4.57 Å². The van der Waals surface area contributed by atoms with Gasteiger partial charge in [-0.1, -0.05) is 0 Å². The maximum Gasteiger partial charge on any atom is 0.242 e. The minimum atomic E-state index is 0.487. The van der Waals surface area contributed by atoms with Crippen molar-refractivity contribution in [3.05, 3.63) is 40.7 Å². The number of imidazole rings is 1. The molecule has 4 aromatic rings. The third kappa shape index (κ3) is 1.85. The fourth-order valence-electron chi connectivity index (χ4n) is 2.39. The Labute approximate surface area is 128 Å². The number of thiophene rings is 1. The first-order valence-electron chi connectivity index (χ1n) is 6.25. The quantitative estimate of drug-likeness (QED) is 0.573. The largest absolute Gasteiger partial charge is 0.479 e. The molecule has 0 radical (unpaired) electrons. The van der Waals surface area contributed by atoms with E-state index < -0.39 is 0 Å². The Hall–Kier alpha value is -2.25. The number of aromatic amines is 1. The number of nitrogens with one attached hydrogen (secondary N) is 1. The van der Waals surface area contributed by atoms with E-state index in [-0.39, 0.29) is 0 Å². The number of aromatic nitrogens is 4. The second-order valence-electron chi connectivity index (χ2n) is 4.49. The molecule has 0 saturated heterocycles. The lowest BCUT2D eigenvalue weighted by Crippen LogP contribution is -1.96. The van der Waals surface area contributed by atoms with E-state index in [1.54, 1.807) is 18.4 Å². The fraction of sp³-hybridized carbons (Fsp3) is 0.0714. The molecule has 0 amide bonds. The van der Waals surface area contributed by atoms with E-state index in [9.17, 15) is 0 Å². The zero-order valence-corrected chi connectivity index (χ0v) is 12.7. The summed E-state index contributed by atoms with van der Waals surface area (Å²) in [6.45, 7) is 0. The number of benzene rings is 1. The van der Waals surface area contributed by atoms with Gasteiger partial charge in [0.1, 0.15) is 11.8 Å². The van der Waals surface area contributed by atoms with Crippen LogP contribution in [0.3, 0.4) is 0 Å². The van der Waals surface area contributed by atoms with Gasteiger partial charge in [-0.05, 0) is 47.2 Å². The average molecular weight is 314 g/mol. The van der Waals surface area contributed by atoms with Crippen molar-refractivity contribution in [1.82, 2.24) is 19.5 Å². The van der Waals surface area contributed by atoms with Crippen LogP contribution in [0.2, 0.25) is 0 Å². The maximum atomic E-state index is 5.43. The molecule has 3 heterocycles. The van der Waals surface area contributed by atoms with E-state index >= 15 is 0 Å². The molecule has 0 saturated carbocycles. The SMILES string of the molecule is COc1ncnc2c1[nH]c(=S)n2-c1ccc2sccc2c1. The number of hydrogen-bond donors (Lipinski definition) is 1. The van der Waals surface area contributed by atoms with E-state index in [0.717, 1.165) is 5.69 Å². The fourth-order valence-corrected chi connectivity index (χ4v) is 3.45. The number of hydrogen-bond acceptors (Lipinski definition) is 5. The lowest BCUT2D eigenvalue weighted by Gasteiger charge is -2.04. The highest BCUT2D eigenvalue weighted by Crippen LogP contribution is 2.27. The summed E-state index contributed by atoms with van der Waals surface area (Å²) in [5, 5.41) is 3.27. The van der Waals surface area contributed by atoms with Crippen molar-refractivity contribution in [2.75, 3.05) is 7.11 Å². The van der Waals surface area contributed by atoms with Crippen molar-refractivity contribution in [3.63, 3.8) is 0 Å². The van der Waals surface area contributed by atoms with Crippen molar-refractivity contribution in [1.29, 1.82) is 0 Å². The Morgan fingerprint density at radius 1 is 1.29 bits per heavy atom. The molecule has 5 nitrogen and oxygen atoms in total. The summed E-state index contributed by atoms with van der Waals surface area (Å²) >= 11 is 7.15. The highest BCUT2D eigenvalue weighted by Gasteiger charge is 2.13. The molecule has 0 aliphatic heterocycles. The molecule has 1 N–H and O–H groups in total. The maximum absolute atomic E-state index is 5.43. The molecule has 1 aromatic carbocycles. The summed E-state index contributed by atoms with van der Waals surface area (Å²) in [4.78, 5) is 11.5. The van der Waals surface area contributed by atoms with Crippen LogP contribution in [0.5, 0.6) is 5.88 Å². The van der Waals surface area contributed by atoms with Crippen LogP contribution >= 0.6 is 23.6 Å². The Balaban J connectivity index is 2.05. The van der Waals surface area contributed by atoms with Crippen LogP contribution in [0.1, 0.15) is 0 Å². The monoisotopic (exact) mass is 314 g/mol. The molecule has 21 heavy (non-hydrogen) atoms. The van der Waals surface area contributed by atoms with Crippen LogP contribution in [-0.4, -0.2) is 26.6 Å². The third-order valence-electron chi connectivity index (χ3n) is 3.33. The molecular formula is C14H10N4OS2. The van der Waals surface area contributed by atoms with Gasteiger partial charge in [0.05, 0.1) is 12.8 Å². The van der Waals surface area contributed by atoms with E-state index in [2.05, 4.69) is 38.5 Å². The van der Waals surface area contributed by atoms with E-state index in [1.165, 1.54) is 16.4 Å². The van der Waals surface area contributed by atoms with Gasteiger partial charge in [-0.2, -0.15) is 4.98 Å². The van der Waals surface area contributed by atoms with Crippen LogP contribution in [-0.2, 0) is 0 Å². The number of H-pyrrole nitrogens is 1. The predicted octanol–water partition coefficient (Wildman–Crippen LogP) is 3.70. The van der Waals surface area contributed by atoms with Gasteiger partial charge in [0.15, 0.2) is 10.4 Å². The Morgan fingerprint density at radius 2 is 2.19 bits per heavy atom. The predicted molar refractivity (Wildman–Crippen MR) is 86.0 cm³/mol. The standard InChI is InChI=1S/C14H10N4OS2/c1-19-13-11-12(15-7-16-13)18(14(20)17-11)9-2-3-10-8(6-9)4-5-21-10/h2-7H,1H3,(H,17,20). The highest BCUT2D eigenvalue weighted by atomic mass is 32.1. The van der Waals surface area contributed by atoms with Gasteiger partial charge in [-0.25, -0.2) is 4.98 Å². The van der Waals surface area contributed by atoms with E-state index in [1.807, 2.05) is 10.6 Å². The summed E-state index contributed by atoms with van der Waals surface area (Å²) in [5.41, 5.74) is 2.38. The topological polar surface area (TPSA) is 55.7 Å². The lowest BCUT2D eigenvalue weighted by molar-refractivity contribution is 0.401. The molecule has 0 fully saturated rings. The molecule has 0 spiro atoms. The number of methoxy groups -OCH3 is 1. The van der Waals surface area contributed by atoms with Gasteiger partial charge in [0, 0.05) is 4.70 Å². The van der Waals surface area contributed by atoms with Gasteiger partial charge in [0.2, 0.25) is 5.88 Å². The average Bonchev–Trinajstić information content (AvgIpc) is 3.08. The van der Waals surface area contributed by atoms with Crippen LogP contribution in [0.15, 0.2) is 36.0 Å². The highest BCUT2D eigenvalue weighted by molar-refractivity contribution is 7.71. The summed E-state index contributed by atoms with van der Waals surface area (Å²) in [5.74, 6) is 0.487. The van der Waals surface area contributed by atoms with Crippen LogP contribution in [0.25, 0.3) is 26.9 Å². The van der Waals surface area contributed by atoms with E-state index in [4.69, 9.17) is 17.0 Å². The number of ether oxygens (including phenoxy) is 1. The Morgan fingerprint density at radius 3 is 3.05 bits per heavy atom. The van der Waals surface area contributed by atoms with Crippen molar-refractivity contribution >= 4 is 44.8 Å². The van der Waals surface area contributed by atoms with Gasteiger partial charge >= 0.3 is 0 Å². The van der Waals surface area contributed by atoms with Crippen molar-refractivity contribution < 1.29 is 4.74 Å². The molecule has 0 bridgehead atoms. The molecular weight excluding hydrogens is 304 g/mol. The lowest BCUT2D eigenvalue weighted by atomic mass is 10.2. The Kier molecular flexibility index (Phi) is 2.76. The molecule has 104 valence electrons. The van der Waals surface area contributed by atoms with Gasteiger partial charge in [0.25, 0.3) is 0 Å². The first kappa shape index (κ1) is 12.5. The number of rotatable bonds is 2. The zero-order chi connectivity index (χ0) is 14.4. The zero-order valence-electron chi connectivity index (χ0n) is 11.0. The number of fused-ring (bicyclic) bond motifs is 2. The molecule has 4 rings (SSSR count). The van der Waals surface area contributed by atoms with Crippen LogP contribution < -0.4 is 4.74 Å². The summed E-state index contributed by atoms with van der Waals surface area (Å²) in [7, 11) is 1.58. The van der Waals surface area contributed by atoms with Gasteiger partial charge in [-0.15, -0.1) is 11.3 Å². The van der Waals surface area contributed by atoms with Crippen molar-refractivity contribution in [3.8, 4) is 11.6 Å². The first-order valence-corrected chi connectivity index (χ1v) is 7.54. The molecule has 7 heteroatoms. The smallest absolute Gasteiger partial charge is 0.242 e. The molecule has 3 aromatic heterocycles. The summed E-state index contributed by atoms with van der Waals surface area (Å²) in [6, 6.07) is 8.33. The molecule has 0 unspecified atom stereocenters. The van der Waals surface area contributed by atoms with Gasteiger partial charge < -0.3 is 9.72 Å². The summed E-state index contributed by atoms with van der Waals surface area (Å²) in [6.07, 6.45) is 1.48. The minimum absolute atomic E-state index is 0.487. The number of nitrogens with zero attached hydrogens (tertiary/aromatic N) is 3. The van der Waals surface area contributed by atoms with Crippen LogP contribution in [0, 0.1) is 4.77 Å². The normalized spacial score (nSPS) is 11.3. The van der Waals surface area contributed by atoms with Crippen molar-refractivity contribution in [2.45, 2.75) is 0 Å². The Bertz CT molecular complexity index is 1010. The first-order chi connectivity index (χ1) is 10.3.